The van der Waals surface area contributed by atoms with E-state index in [4.69, 9.17) is 5.73 Å². The standard InChI is InChI=1S/C21H35N3O2/c1-8-13(2)18(24-20(22)26)19(25)23-10-9-17-14(3)11-16(12-15(17)4)21(5,6)7/h11-13,18H,8-10H2,1-7H3,(H,23,25)(H3,22,24,26)/t13-,18-/m0/s1. The van der Waals surface area contributed by atoms with E-state index in [0.717, 1.165) is 12.8 Å². The van der Waals surface area contributed by atoms with E-state index in [9.17, 15) is 9.59 Å². The molecule has 146 valence electrons. The average Bonchev–Trinajstić information content (AvgIpc) is 2.52. The lowest BCUT2D eigenvalue weighted by atomic mass is 9.83. The third-order valence-electron chi connectivity index (χ3n) is 5.03. The highest BCUT2D eigenvalue weighted by Gasteiger charge is 2.25. The number of rotatable bonds is 7. The van der Waals surface area contributed by atoms with E-state index in [1.807, 2.05) is 13.8 Å². The smallest absolute Gasteiger partial charge is 0.312 e. The highest BCUT2D eigenvalue weighted by atomic mass is 16.2. The summed E-state index contributed by atoms with van der Waals surface area (Å²) in [6.07, 6.45) is 1.54. The number of carbonyl (C=O) groups is 2. The highest BCUT2D eigenvalue weighted by molar-refractivity contribution is 5.86. The van der Waals surface area contributed by atoms with Crippen molar-refractivity contribution >= 4 is 11.9 Å². The van der Waals surface area contributed by atoms with Gasteiger partial charge in [0.15, 0.2) is 0 Å². The van der Waals surface area contributed by atoms with E-state index >= 15 is 0 Å². The van der Waals surface area contributed by atoms with Gasteiger partial charge in [0.25, 0.3) is 0 Å². The van der Waals surface area contributed by atoms with E-state index in [1.165, 1.54) is 22.3 Å². The van der Waals surface area contributed by atoms with E-state index in [1.54, 1.807) is 0 Å². The van der Waals surface area contributed by atoms with Crippen LogP contribution < -0.4 is 16.4 Å². The van der Waals surface area contributed by atoms with Crippen molar-refractivity contribution in [2.75, 3.05) is 6.54 Å². The lowest BCUT2D eigenvalue weighted by Gasteiger charge is -2.24. The molecule has 0 aromatic heterocycles. The van der Waals surface area contributed by atoms with Gasteiger partial charge in [0.1, 0.15) is 6.04 Å². The Morgan fingerprint density at radius 2 is 1.69 bits per heavy atom. The van der Waals surface area contributed by atoms with Crippen LogP contribution in [0.5, 0.6) is 0 Å². The molecule has 0 fully saturated rings. The number of hydrogen-bond acceptors (Lipinski definition) is 2. The quantitative estimate of drug-likeness (QED) is 0.696. The van der Waals surface area contributed by atoms with Crippen molar-refractivity contribution in [3.63, 3.8) is 0 Å². The molecular weight excluding hydrogens is 326 g/mol. The average molecular weight is 362 g/mol. The van der Waals surface area contributed by atoms with Gasteiger partial charge in [-0.25, -0.2) is 4.79 Å². The van der Waals surface area contributed by atoms with Gasteiger partial charge in [-0.1, -0.05) is 53.2 Å². The Kier molecular flexibility index (Phi) is 7.67. The van der Waals surface area contributed by atoms with Gasteiger partial charge in [-0.3, -0.25) is 4.79 Å². The van der Waals surface area contributed by atoms with Crippen molar-refractivity contribution < 1.29 is 9.59 Å². The predicted octanol–water partition coefficient (Wildman–Crippen LogP) is 3.34. The fourth-order valence-corrected chi connectivity index (χ4v) is 3.10. The van der Waals surface area contributed by atoms with Gasteiger partial charge in [0.05, 0.1) is 0 Å². The first-order valence-electron chi connectivity index (χ1n) is 9.41. The Morgan fingerprint density at radius 3 is 2.12 bits per heavy atom. The molecule has 26 heavy (non-hydrogen) atoms. The molecule has 0 bridgehead atoms. The molecule has 0 aliphatic rings. The number of primary amides is 1. The van der Waals surface area contributed by atoms with Crippen molar-refractivity contribution in [1.29, 1.82) is 0 Å². The van der Waals surface area contributed by atoms with Gasteiger partial charge >= 0.3 is 6.03 Å². The fraction of sp³-hybridized carbons (Fsp3) is 0.619. The molecule has 0 unspecified atom stereocenters. The summed E-state index contributed by atoms with van der Waals surface area (Å²) in [5.74, 6) is -0.156. The Morgan fingerprint density at radius 1 is 1.15 bits per heavy atom. The SMILES string of the molecule is CC[C@H](C)[C@H](NC(N)=O)C(=O)NCCc1c(C)cc(C(C)(C)C)cc1C. The van der Waals surface area contributed by atoms with Gasteiger partial charge in [-0.15, -0.1) is 0 Å². The maximum absolute atomic E-state index is 12.4. The number of benzene rings is 1. The second kappa shape index (κ2) is 9.06. The van der Waals surface area contributed by atoms with Crippen LogP contribution in [0.25, 0.3) is 0 Å². The molecule has 2 atom stereocenters. The lowest BCUT2D eigenvalue weighted by Crippen LogP contribution is -2.52. The molecule has 0 radical (unpaired) electrons. The third kappa shape index (κ3) is 6.04. The van der Waals surface area contributed by atoms with Crippen LogP contribution >= 0.6 is 0 Å². The maximum Gasteiger partial charge on any atom is 0.312 e. The zero-order valence-electron chi connectivity index (χ0n) is 17.3. The summed E-state index contributed by atoms with van der Waals surface area (Å²) in [4.78, 5) is 23.6. The molecule has 5 heteroatoms. The summed E-state index contributed by atoms with van der Waals surface area (Å²) in [6.45, 7) is 15.3. The molecule has 3 amide bonds. The molecule has 1 rings (SSSR count). The molecule has 1 aromatic carbocycles. The minimum Gasteiger partial charge on any atom is -0.354 e. The summed E-state index contributed by atoms with van der Waals surface area (Å²) >= 11 is 0. The molecule has 0 spiro atoms. The maximum atomic E-state index is 12.4. The number of aryl methyl sites for hydroxylation is 2. The minimum absolute atomic E-state index is 0.0250. The van der Waals surface area contributed by atoms with Crippen molar-refractivity contribution in [1.82, 2.24) is 10.6 Å². The zero-order valence-corrected chi connectivity index (χ0v) is 17.3. The summed E-state index contributed by atoms with van der Waals surface area (Å²) < 4.78 is 0. The first-order valence-corrected chi connectivity index (χ1v) is 9.41. The van der Waals surface area contributed by atoms with E-state index in [-0.39, 0.29) is 17.2 Å². The highest BCUT2D eigenvalue weighted by Crippen LogP contribution is 2.27. The van der Waals surface area contributed by atoms with Crippen LogP contribution in [-0.4, -0.2) is 24.5 Å². The van der Waals surface area contributed by atoms with E-state index < -0.39 is 12.1 Å². The van der Waals surface area contributed by atoms with E-state index in [2.05, 4.69) is 57.4 Å². The number of hydrogen-bond donors (Lipinski definition) is 3. The van der Waals surface area contributed by atoms with Gasteiger partial charge in [-0.2, -0.15) is 0 Å². The van der Waals surface area contributed by atoms with Crippen LogP contribution in [-0.2, 0) is 16.6 Å². The minimum atomic E-state index is -0.671. The van der Waals surface area contributed by atoms with Crippen LogP contribution in [0.4, 0.5) is 4.79 Å². The number of nitrogens with one attached hydrogen (secondary N) is 2. The fourth-order valence-electron chi connectivity index (χ4n) is 3.10. The Bertz CT molecular complexity index is 624. The van der Waals surface area contributed by atoms with Crippen molar-refractivity contribution in [2.45, 2.75) is 72.8 Å². The second-order valence-electron chi connectivity index (χ2n) is 8.25. The second-order valence-corrected chi connectivity index (χ2v) is 8.25. The largest absolute Gasteiger partial charge is 0.354 e. The van der Waals surface area contributed by atoms with Crippen LogP contribution in [0.1, 0.15) is 63.3 Å². The normalized spacial score (nSPS) is 13.8. The molecule has 0 aliphatic carbocycles. The Labute approximate surface area is 158 Å². The summed E-state index contributed by atoms with van der Waals surface area (Å²) in [5, 5.41) is 5.49. The van der Waals surface area contributed by atoms with Crippen LogP contribution in [0, 0.1) is 19.8 Å². The molecule has 0 heterocycles. The number of urea groups is 1. The first-order chi connectivity index (χ1) is 12.0. The van der Waals surface area contributed by atoms with Crippen LogP contribution in [0.2, 0.25) is 0 Å². The molecule has 4 N–H and O–H groups in total. The van der Waals surface area contributed by atoms with Gasteiger partial charge < -0.3 is 16.4 Å². The van der Waals surface area contributed by atoms with Gasteiger partial charge in [0.2, 0.25) is 5.91 Å². The topological polar surface area (TPSA) is 84.2 Å². The monoisotopic (exact) mass is 361 g/mol. The number of amides is 3. The molecule has 0 saturated heterocycles. The van der Waals surface area contributed by atoms with Crippen molar-refractivity contribution in [3.05, 3.63) is 34.4 Å². The molecule has 0 saturated carbocycles. The Hall–Kier alpha value is -2.04. The summed E-state index contributed by atoms with van der Waals surface area (Å²) in [7, 11) is 0. The van der Waals surface area contributed by atoms with Crippen molar-refractivity contribution in [3.8, 4) is 0 Å². The zero-order chi connectivity index (χ0) is 20.1. The van der Waals surface area contributed by atoms with Crippen LogP contribution in [0.3, 0.4) is 0 Å². The molecule has 5 nitrogen and oxygen atoms in total. The van der Waals surface area contributed by atoms with Crippen molar-refractivity contribution in [2.24, 2.45) is 11.7 Å². The molecule has 0 aliphatic heterocycles. The first kappa shape index (κ1) is 22.0. The summed E-state index contributed by atoms with van der Waals surface area (Å²) in [5.41, 5.74) is 10.4. The predicted molar refractivity (Wildman–Crippen MR) is 107 cm³/mol. The number of nitrogens with two attached hydrogens (primary N) is 1. The van der Waals surface area contributed by atoms with Gasteiger partial charge in [-0.05, 0) is 53.9 Å². The van der Waals surface area contributed by atoms with E-state index in [0.29, 0.717) is 6.54 Å². The lowest BCUT2D eigenvalue weighted by molar-refractivity contribution is -0.124. The van der Waals surface area contributed by atoms with Crippen LogP contribution in [0.15, 0.2) is 12.1 Å². The van der Waals surface area contributed by atoms with Gasteiger partial charge in [0, 0.05) is 6.54 Å². The third-order valence-corrected chi connectivity index (χ3v) is 5.03. The molecule has 1 aromatic rings. The number of carbonyl (C=O) groups excluding carboxylic acids is 2. The summed E-state index contributed by atoms with van der Waals surface area (Å²) in [6, 6.07) is 3.21. The Balaban J connectivity index is 2.78. The molecular formula is C21H35N3O2.